The fourth-order valence-corrected chi connectivity index (χ4v) is 4.43. The zero-order valence-electron chi connectivity index (χ0n) is 18.5. The number of carbonyl (C=O) groups is 2. The summed E-state index contributed by atoms with van der Waals surface area (Å²) in [5.41, 5.74) is 2.42. The van der Waals surface area contributed by atoms with Crippen molar-refractivity contribution in [3.63, 3.8) is 0 Å². The number of methoxy groups -OCH3 is 2. The third kappa shape index (κ3) is 4.62. The number of carbonyl (C=O) groups excluding carboxylic acids is 2. The van der Waals surface area contributed by atoms with Gasteiger partial charge in [0, 0.05) is 23.6 Å². The minimum atomic E-state index is -0.410. The van der Waals surface area contributed by atoms with Gasteiger partial charge in [0.2, 0.25) is 5.91 Å². The molecule has 0 bridgehead atoms. The van der Waals surface area contributed by atoms with Crippen LogP contribution in [-0.2, 0) is 16.1 Å². The van der Waals surface area contributed by atoms with Crippen LogP contribution in [0, 0.1) is 0 Å². The SMILES string of the molecule is COC(=O)c1cn(CC(=O)NCC(c2cccc(OC)c2)N2CCCC2)c2ccccc12. The molecule has 0 spiro atoms. The fourth-order valence-electron chi connectivity index (χ4n) is 4.43. The second-order valence-electron chi connectivity index (χ2n) is 8.02. The summed E-state index contributed by atoms with van der Waals surface area (Å²) in [7, 11) is 3.02. The molecule has 7 heteroatoms. The molecular weight excluding hydrogens is 406 g/mol. The van der Waals surface area contributed by atoms with Gasteiger partial charge in [0.25, 0.3) is 0 Å². The molecule has 168 valence electrons. The third-order valence-corrected chi connectivity index (χ3v) is 6.06. The van der Waals surface area contributed by atoms with Crippen molar-refractivity contribution in [2.75, 3.05) is 33.9 Å². The summed E-state index contributed by atoms with van der Waals surface area (Å²) < 4.78 is 12.1. The summed E-state index contributed by atoms with van der Waals surface area (Å²) >= 11 is 0. The first-order valence-electron chi connectivity index (χ1n) is 10.9. The van der Waals surface area contributed by atoms with Gasteiger partial charge in [-0.2, -0.15) is 0 Å². The summed E-state index contributed by atoms with van der Waals surface area (Å²) in [5, 5.41) is 3.88. The number of fused-ring (bicyclic) bond motifs is 1. The lowest BCUT2D eigenvalue weighted by Gasteiger charge is -2.28. The van der Waals surface area contributed by atoms with Gasteiger partial charge in [-0.25, -0.2) is 4.79 Å². The molecule has 7 nitrogen and oxygen atoms in total. The Kier molecular flexibility index (Phi) is 6.75. The van der Waals surface area contributed by atoms with Crippen LogP contribution in [-0.4, -0.2) is 55.2 Å². The predicted molar refractivity (Wildman–Crippen MR) is 123 cm³/mol. The highest BCUT2D eigenvalue weighted by atomic mass is 16.5. The zero-order chi connectivity index (χ0) is 22.5. The van der Waals surface area contributed by atoms with Gasteiger partial charge in [-0.1, -0.05) is 30.3 Å². The number of rotatable bonds is 8. The molecule has 1 atom stereocenters. The number of ether oxygens (including phenoxy) is 2. The van der Waals surface area contributed by atoms with Gasteiger partial charge in [-0.15, -0.1) is 0 Å². The first kappa shape index (κ1) is 21.9. The first-order valence-corrected chi connectivity index (χ1v) is 10.9. The van der Waals surface area contributed by atoms with Crippen LogP contribution in [0.2, 0.25) is 0 Å². The number of amides is 1. The molecule has 1 aromatic heterocycles. The Hall–Kier alpha value is -3.32. The molecule has 0 radical (unpaired) electrons. The van der Waals surface area contributed by atoms with E-state index in [1.165, 1.54) is 20.0 Å². The molecule has 32 heavy (non-hydrogen) atoms. The van der Waals surface area contributed by atoms with Crippen LogP contribution in [0.15, 0.2) is 54.7 Å². The van der Waals surface area contributed by atoms with E-state index in [-0.39, 0.29) is 18.5 Å². The van der Waals surface area contributed by atoms with E-state index in [2.05, 4.69) is 16.3 Å². The molecule has 0 saturated carbocycles. The average molecular weight is 436 g/mol. The number of benzene rings is 2. The molecule has 1 saturated heterocycles. The van der Waals surface area contributed by atoms with Crippen LogP contribution in [0.5, 0.6) is 5.75 Å². The van der Waals surface area contributed by atoms with Gasteiger partial charge in [0.05, 0.1) is 25.8 Å². The smallest absolute Gasteiger partial charge is 0.340 e. The molecule has 1 fully saturated rings. The molecule has 1 N–H and O–H groups in total. The standard InChI is InChI=1S/C25H29N3O4/c1-31-19-9-7-8-18(14-19)23(27-12-5-6-13-27)15-26-24(29)17-28-16-21(25(30)32-2)20-10-3-4-11-22(20)28/h3-4,7-11,14,16,23H,5-6,12-13,15,17H2,1-2H3,(H,26,29). The van der Waals surface area contributed by atoms with Gasteiger partial charge in [-0.05, 0) is 49.7 Å². The molecule has 1 unspecified atom stereocenters. The number of likely N-dealkylation sites (tertiary alicyclic amines) is 1. The normalized spacial score (nSPS) is 14.9. The largest absolute Gasteiger partial charge is 0.497 e. The Morgan fingerprint density at radius 3 is 2.59 bits per heavy atom. The monoisotopic (exact) mass is 435 g/mol. The highest BCUT2D eigenvalue weighted by Gasteiger charge is 2.24. The topological polar surface area (TPSA) is 72.8 Å². The minimum absolute atomic E-state index is 0.0867. The number of aromatic nitrogens is 1. The summed E-state index contributed by atoms with van der Waals surface area (Å²) in [6.45, 7) is 2.67. The Morgan fingerprint density at radius 2 is 1.84 bits per heavy atom. The number of para-hydroxylation sites is 1. The quantitative estimate of drug-likeness (QED) is 0.549. The lowest BCUT2D eigenvalue weighted by molar-refractivity contribution is -0.121. The molecule has 3 aromatic rings. The Bertz CT molecular complexity index is 1100. The molecular formula is C25H29N3O4. The molecule has 0 aliphatic carbocycles. The van der Waals surface area contributed by atoms with Gasteiger partial charge >= 0.3 is 5.97 Å². The summed E-state index contributed by atoms with van der Waals surface area (Å²) in [4.78, 5) is 27.4. The van der Waals surface area contributed by atoms with Gasteiger partial charge in [-0.3, -0.25) is 9.69 Å². The Balaban J connectivity index is 1.50. The second kappa shape index (κ2) is 9.87. The molecule has 4 rings (SSSR count). The summed E-state index contributed by atoms with van der Waals surface area (Å²) in [6.07, 6.45) is 4.02. The van der Waals surface area contributed by atoms with E-state index in [1.54, 1.807) is 17.9 Å². The lowest BCUT2D eigenvalue weighted by atomic mass is 10.0. The van der Waals surface area contributed by atoms with Crippen molar-refractivity contribution in [3.8, 4) is 5.75 Å². The lowest BCUT2D eigenvalue weighted by Crippen LogP contribution is -2.38. The van der Waals surface area contributed by atoms with Crippen LogP contribution in [0.4, 0.5) is 0 Å². The highest BCUT2D eigenvalue weighted by Crippen LogP contribution is 2.27. The van der Waals surface area contributed by atoms with Crippen molar-refractivity contribution in [2.45, 2.75) is 25.4 Å². The Labute approximate surface area is 187 Å². The molecule has 1 amide bonds. The van der Waals surface area contributed by atoms with Crippen LogP contribution in [0.1, 0.15) is 34.8 Å². The van der Waals surface area contributed by atoms with Crippen molar-refractivity contribution >= 4 is 22.8 Å². The van der Waals surface area contributed by atoms with E-state index in [1.807, 2.05) is 42.5 Å². The minimum Gasteiger partial charge on any atom is -0.497 e. The van der Waals surface area contributed by atoms with E-state index in [9.17, 15) is 9.59 Å². The number of hydrogen-bond donors (Lipinski definition) is 1. The maximum Gasteiger partial charge on any atom is 0.340 e. The van der Waals surface area contributed by atoms with Gasteiger partial charge in [0.15, 0.2) is 0 Å². The summed E-state index contributed by atoms with van der Waals surface area (Å²) in [5.74, 6) is 0.300. The first-order chi connectivity index (χ1) is 15.6. The Morgan fingerprint density at radius 1 is 1.06 bits per heavy atom. The molecule has 2 aromatic carbocycles. The number of hydrogen-bond acceptors (Lipinski definition) is 5. The van der Waals surface area contributed by atoms with E-state index in [4.69, 9.17) is 9.47 Å². The molecule has 1 aliphatic heterocycles. The van der Waals surface area contributed by atoms with Crippen molar-refractivity contribution < 1.29 is 19.1 Å². The molecule has 2 heterocycles. The summed E-state index contributed by atoms with van der Waals surface area (Å²) in [6, 6.07) is 15.7. The maximum absolute atomic E-state index is 12.9. The fraction of sp³-hybridized carbons (Fsp3) is 0.360. The van der Waals surface area contributed by atoms with Crippen molar-refractivity contribution in [1.82, 2.24) is 14.8 Å². The van der Waals surface area contributed by atoms with Crippen LogP contribution < -0.4 is 10.1 Å². The number of nitrogens with zero attached hydrogens (tertiary/aromatic N) is 2. The van der Waals surface area contributed by atoms with Gasteiger partial charge < -0.3 is 19.4 Å². The third-order valence-electron chi connectivity index (χ3n) is 6.06. The highest BCUT2D eigenvalue weighted by molar-refractivity contribution is 6.04. The van der Waals surface area contributed by atoms with Crippen LogP contribution >= 0.6 is 0 Å². The predicted octanol–water partition coefficient (Wildman–Crippen LogP) is 3.39. The van der Waals surface area contributed by atoms with E-state index >= 15 is 0 Å². The number of esters is 1. The van der Waals surface area contributed by atoms with Crippen LogP contribution in [0.25, 0.3) is 10.9 Å². The average Bonchev–Trinajstić information content (AvgIpc) is 3.48. The maximum atomic E-state index is 12.9. The van der Waals surface area contributed by atoms with Crippen molar-refractivity contribution in [3.05, 3.63) is 65.9 Å². The number of nitrogens with one attached hydrogen (secondary N) is 1. The molecule has 1 aliphatic rings. The van der Waals surface area contributed by atoms with E-state index < -0.39 is 5.97 Å². The van der Waals surface area contributed by atoms with Crippen molar-refractivity contribution in [1.29, 1.82) is 0 Å². The van der Waals surface area contributed by atoms with E-state index in [0.29, 0.717) is 12.1 Å². The van der Waals surface area contributed by atoms with Gasteiger partial charge in [0.1, 0.15) is 12.3 Å². The van der Waals surface area contributed by atoms with Crippen molar-refractivity contribution in [2.24, 2.45) is 0 Å². The zero-order valence-corrected chi connectivity index (χ0v) is 18.5. The van der Waals surface area contributed by atoms with E-state index in [0.717, 1.165) is 35.3 Å². The van der Waals surface area contributed by atoms with Crippen LogP contribution in [0.3, 0.4) is 0 Å². The second-order valence-corrected chi connectivity index (χ2v) is 8.02.